The number of carboxylic acids is 1. The van der Waals surface area contributed by atoms with Crippen molar-refractivity contribution in [3.05, 3.63) is 65.4 Å². The highest BCUT2D eigenvalue weighted by atomic mass is 35.5. The van der Waals surface area contributed by atoms with E-state index in [0.29, 0.717) is 30.2 Å². The quantitative estimate of drug-likeness (QED) is 0.560. The van der Waals surface area contributed by atoms with E-state index in [9.17, 15) is 19.1 Å². The fourth-order valence-electron chi connectivity index (χ4n) is 4.17. The van der Waals surface area contributed by atoms with Crippen LogP contribution in [0.5, 0.6) is 5.75 Å². The number of benzene rings is 3. The number of hydrogen-bond donors (Lipinski definition) is 1. The zero-order valence-corrected chi connectivity index (χ0v) is 18.3. The third-order valence-corrected chi connectivity index (χ3v) is 6.13. The Hall–Kier alpha value is -3.12. The molecule has 3 aromatic carbocycles. The number of carbonyl (C=O) groups excluding carboxylic acids is 1. The van der Waals surface area contributed by atoms with Crippen LogP contribution in [0.25, 0.3) is 21.9 Å². The second-order valence-corrected chi connectivity index (χ2v) is 8.44. The minimum absolute atomic E-state index is 0.210. The molecule has 1 saturated heterocycles. The zero-order chi connectivity index (χ0) is 22.8. The number of carboxylic acid groups (broad SMARTS) is 1. The van der Waals surface area contributed by atoms with Gasteiger partial charge < -0.3 is 14.7 Å². The highest BCUT2D eigenvalue weighted by Gasteiger charge is 2.31. The Balaban J connectivity index is 1.54. The maximum Gasteiger partial charge on any atom is 0.308 e. The van der Waals surface area contributed by atoms with E-state index < -0.39 is 23.8 Å². The first-order chi connectivity index (χ1) is 15.3. The molecule has 4 rings (SSSR count). The molecule has 1 N–H and O–H groups in total. The summed E-state index contributed by atoms with van der Waals surface area (Å²) in [6.45, 7) is 2.42. The van der Waals surface area contributed by atoms with Gasteiger partial charge in [-0.1, -0.05) is 35.9 Å². The Morgan fingerprint density at radius 1 is 1.16 bits per heavy atom. The number of halogens is 2. The molecule has 0 radical (unpaired) electrons. The van der Waals surface area contributed by atoms with Crippen LogP contribution in [0.2, 0.25) is 5.02 Å². The van der Waals surface area contributed by atoms with Crippen molar-refractivity contribution in [2.45, 2.75) is 25.9 Å². The summed E-state index contributed by atoms with van der Waals surface area (Å²) in [6.07, 6.45) is 0.509. The summed E-state index contributed by atoms with van der Waals surface area (Å²) in [6, 6.07) is 15.6. The van der Waals surface area contributed by atoms with Crippen molar-refractivity contribution in [2.24, 2.45) is 5.92 Å². The summed E-state index contributed by atoms with van der Waals surface area (Å²) in [4.78, 5) is 25.7. The molecule has 0 spiro atoms. The lowest BCUT2D eigenvalue weighted by molar-refractivity contribution is -0.147. The molecular formula is C25H23ClFNO4. The summed E-state index contributed by atoms with van der Waals surface area (Å²) in [5.41, 5.74) is 1.60. The number of fused-ring (bicyclic) bond motifs is 1. The average molecular weight is 456 g/mol. The van der Waals surface area contributed by atoms with E-state index >= 15 is 0 Å². The second kappa shape index (κ2) is 9.17. The van der Waals surface area contributed by atoms with E-state index in [0.717, 1.165) is 21.9 Å². The van der Waals surface area contributed by atoms with Gasteiger partial charge in [-0.05, 0) is 66.4 Å². The Kier molecular flexibility index (Phi) is 6.33. The number of likely N-dealkylation sites (tertiary alicyclic amines) is 1. The molecule has 0 aliphatic carbocycles. The Morgan fingerprint density at radius 2 is 1.97 bits per heavy atom. The van der Waals surface area contributed by atoms with Gasteiger partial charge in [-0.15, -0.1) is 0 Å². The van der Waals surface area contributed by atoms with Crippen molar-refractivity contribution < 1.29 is 23.8 Å². The van der Waals surface area contributed by atoms with Crippen LogP contribution in [0.4, 0.5) is 4.39 Å². The molecular weight excluding hydrogens is 433 g/mol. The molecule has 1 aliphatic heterocycles. The summed E-state index contributed by atoms with van der Waals surface area (Å²) in [7, 11) is 0. The van der Waals surface area contributed by atoms with E-state index in [-0.39, 0.29) is 12.5 Å². The Bertz CT molecular complexity index is 1180. The fraction of sp³-hybridized carbons (Fsp3) is 0.280. The molecule has 2 atom stereocenters. The van der Waals surface area contributed by atoms with Crippen LogP contribution in [0.3, 0.4) is 0 Å². The Labute approximate surface area is 190 Å². The third-order valence-electron chi connectivity index (χ3n) is 5.82. The predicted molar refractivity (Wildman–Crippen MR) is 121 cm³/mol. The lowest BCUT2D eigenvalue weighted by Gasteiger charge is -2.32. The summed E-state index contributed by atoms with van der Waals surface area (Å²) in [5.74, 6) is -1.48. The maximum absolute atomic E-state index is 13.5. The normalized spacial score (nSPS) is 17.2. The molecule has 0 bridgehead atoms. The molecule has 166 valence electrons. The van der Waals surface area contributed by atoms with Crippen molar-refractivity contribution in [1.82, 2.24) is 4.90 Å². The van der Waals surface area contributed by atoms with Gasteiger partial charge in [-0.3, -0.25) is 9.59 Å². The summed E-state index contributed by atoms with van der Waals surface area (Å²) >= 11 is 6.26. The van der Waals surface area contributed by atoms with Crippen LogP contribution in [0.15, 0.2) is 54.6 Å². The smallest absolute Gasteiger partial charge is 0.308 e. The van der Waals surface area contributed by atoms with Gasteiger partial charge >= 0.3 is 5.97 Å². The summed E-state index contributed by atoms with van der Waals surface area (Å²) in [5, 5.41) is 11.4. The van der Waals surface area contributed by atoms with Crippen molar-refractivity contribution in [1.29, 1.82) is 0 Å². The van der Waals surface area contributed by atoms with Gasteiger partial charge in [0, 0.05) is 18.7 Å². The lowest BCUT2D eigenvalue weighted by Crippen LogP contribution is -2.47. The van der Waals surface area contributed by atoms with Crippen LogP contribution >= 0.6 is 11.6 Å². The third kappa shape index (κ3) is 4.55. The average Bonchev–Trinajstić information content (AvgIpc) is 2.78. The van der Waals surface area contributed by atoms with E-state index in [1.807, 2.05) is 30.3 Å². The standard InChI is InChI=1S/C25H23ClFNO4/c1-15(24(29)28-11-3-5-17(14-28)25(30)31)32-19-8-10-20-16(12-19)4-2-6-21(20)22-9-7-18(27)13-23(22)26/h2,4,6-10,12-13,15,17H,3,5,11,14H2,1H3,(H,30,31)/t15-,17+/m1/s1. The maximum atomic E-state index is 13.5. The number of piperidine rings is 1. The van der Waals surface area contributed by atoms with Crippen LogP contribution in [0, 0.1) is 11.7 Å². The van der Waals surface area contributed by atoms with Crippen LogP contribution in [-0.4, -0.2) is 41.1 Å². The van der Waals surface area contributed by atoms with Gasteiger partial charge in [0.1, 0.15) is 11.6 Å². The van der Waals surface area contributed by atoms with E-state index in [1.165, 1.54) is 12.1 Å². The largest absolute Gasteiger partial charge is 0.481 e. The van der Waals surface area contributed by atoms with E-state index in [2.05, 4.69) is 0 Å². The molecule has 32 heavy (non-hydrogen) atoms. The van der Waals surface area contributed by atoms with E-state index in [4.69, 9.17) is 16.3 Å². The van der Waals surface area contributed by atoms with Crippen LogP contribution in [-0.2, 0) is 9.59 Å². The monoisotopic (exact) mass is 455 g/mol. The highest BCUT2D eigenvalue weighted by molar-refractivity contribution is 6.33. The van der Waals surface area contributed by atoms with Gasteiger partial charge in [0.15, 0.2) is 6.10 Å². The van der Waals surface area contributed by atoms with Crippen molar-refractivity contribution in [3.8, 4) is 16.9 Å². The lowest BCUT2D eigenvalue weighted by atomic mass is 9.98. The molecule has 1 heterocycles. The molecule has 7 heteroatoms. The van der Waals surface area contributed by atoms with Crippen molar-refractivity contribution in [3.63, 3.8) is 0 Å². The first-order valence-corrected chi connectivity index (χ1v) is 10.9. The minimum atomic E-state index is -0.873. The fourth-order valence-corrected chi connectivity index (χ4v) is 4.44. The second-order valence-electron chi connectivity index (χ2n) is 8.03. The topological polar surface area (TPSA) is 66.8 Å². The number of carbonyl (C=O) groups is 2. The molecule has 1 fully saturated rings. The highest BCUT2D eigenvalue weighted by Crippen LogP contribution is 2.35. The number of ether oxygens (including phenoxy) is 1. The Morgan fingerprint density at radius 3 is 2.72 bits per heavy atom. The van der Waals surface area contributed by atoms with Crippen LogP contribution < -0.4 is 4.74 Å². The number of rotatable bonds is 5. The first-order valence-electron chi connectivity index (χ1n) is 10.5. The number of aliphatic carboxylic acids is 1. The van der Waals surface area contributed by atoms with Crippen LogP contribution in [0.1, 0.15) is 19.8 Å². The predicted octanol–water partition coefficient (Wildman–Crippen LogP) is 5.39. The van der Waals surface area contributed by atoms with Gasteiger partial charge in [0.25, 0.3) is 5.91 Å². The number of amides is 1. The SMILES string of the molecule is C[C@@H](Oc1ccc2c(-c3ccc(F)cc3Cl)cccc2c1)C(=O)N1CCC[C@H](C(=O)O)C1. The minimum Gasteiger partial charge on any atom is -0.481 e. The van der Waals surface area contributed by atoms with Gasteiger partial charge in [0.2, 0.25) is 0 Å². The zero-order valence-electron chi connectivity index (χ0n) is 17.6. The molecule has 5 nitrogen and oxygen atoms in total. The first kappa shape index (κ1) is 22.1. The van der Waals surface area contributed by atoms with Crippen molar-refractivity contribution in [2.75, 3.05) is 13.1 Å². The van der Waals surface area contributed by atoms with E-state index in [1.54, 1.807) is 24.0 Å². The molecule has 3 aromatic rings. The van der Waals surface area contributed by atoms with Gasteiger partial charge in [0.05, 0.1) is 10.9 Å². The number of hydrogen-bond acceptors (Lipinski definition) is 3. The van der Waals surface area contributed by atoms with Gasteiger partial charge in [-0.2, -0.15) is 0 Å². The molecule has 1 amide bonds. The molecule has 0 saturated carbocycles. The number of nitrogens with zero attached hydrogens (tertiary/aromatic N) is 1. The summed E-state index contributed by atoms with van der Waals surface area (Å²) < 4.78 is 19.4. The molecule has 1 aliphatic rings. The molecule has 0 aromatic heterocycles. The molecule has 0 unspecified atom stereocenters. The van der Waals surface area contributed by atoms with Crippen molar-refractivity contribution >= 4 is 34.2 Å². The van der Waals surface area contributed by atoms with Gasteiger partial charge in [-0.25, -0.2) is 4.39 Å².